The van der Waals surface area contributed by atoms with Gasteiger partial charge in [0.1, 0.15) is 5.82 Å². The van der Waals surface area contributed by atoms with E-state index in [1.807, 2.05) is 0 Å². The Morgan fingerprint density at radius 3 is 2.75 bits per heavy atom. The van der Waals surface area contributed by atoms with E-state index in [0.29, 0.717) is 5.44 Å². The van der Waals surface area contributed by atoms with Gasteiger partial charge in [-0.2, -0.15) is 0 Å². The van der Waals surface area contributed by atoms with Crippen LogP contribution < -0.4 is 5.44 Å². The van der Waals surface area contributed by atoms with E-state index in [0.717, 1.165) is 0 Å². The number of rotatable bonds is 0. The van der Waals surface area contributed by atoms with Crippen LogP contribution in [0, 0.1) is 5.82 Å². The molecular formula is C5H5FNP. The molecule has 0 amide bonds. The van der Waals surface area contributed by atoms with Gasteiger partial charge in [0.25, 0.3) is 0 Å². The fourth-order valence-corrected chi connectivity index (χ4v) is 0.580. The molecule has 3 heteroatoms. The molecule has 0 radical (unpaired) electrons. The summed E-state index contributed by atoms with van der Waals surface area (Å²) in [6.45, 7) is 0. The molecule has 0 bridgehead atoms. The first-order valence-electron chi connectivity index (χ1n) is 2.16. The third-order valence-corrected chi connectivity index (χ3v) is 1.21. The summed E-state index contributed by atoms with van der Waals surface area (Å²) < 4.78 is 12.2. The average molecular weight is 129 g/mol. The zero-order valence-corrected chi connectivity index (χ0v) is 5.29. The molecule has 0 saturated carbocycles. The lowest BCUT2D eigenvalue weighted by Crippen LogP contribution is -2.00. The maximum atomic E-state index is 12.2. The molecule has 42 valence electrons. The van der Waals surface area contributed by atoms with Crippen molar-refractivity contribution in [3.8, 4) is 0 Å². The Hall–Kier alpha value is -0.490. The van der Waals surface area contributed by atoms with Gasteiger partial charge in [-0.25, -0.2) is 4.39 Å². The Kier molecular flexibility index (Phi) is 1.54. The first kappa shape index (κ1) is 5.64. The summed E-state index contributed by atoms with van der Waals surface area (Å²) in [5.74, 6) is -0.280. The average Bonchev–Trinajstić information content (AvgIpc) is 1.77. The van der Waals surface area contributed by atoms with Crippen LogP contribution in [0.15, 0.2) is 18.3 Å². The molecule has 0 saturated heterocycles. The summed E-state index contributed by atoms with van der Waals surface area (Å²) in [6.07, 6.45) is 1.55. The summed E-state index contributed by atoms with van der Waals surface area (Å²) in [4.78, 5) is 3.67. The molecule has 1 unspecified atom stereocenters. The first-order valence-corrected chi connectivity index (χ1v) is 2.74. The highest BCUT2D eigenvalue weighted by Gasteiger charge is 1.90. The van der Waals surface area contributed by atoms with Crippen molar-refractivity contribution in [2.45, 2.75) is 0 Å². The van der Waals surface area contributed by atoms with Crippen LogP contribution in [0.25, 0.3) is 0 Å². The number of hydrogen-bond acceptors (Lipinski definition) is 1. The quantitative estimate of drug-likeness (QED) is 0.470. The van der Waals surface area contributed by atoms with E-state index < -0.39 is 0 Å². The Morgan fingerprint density at radius 1 is 1.62 bits per heavy atom. The van der Waals surface area contributed by atoms with Gasteiger partial charge >= 0.3 is 0 Å². The Morgan fingerprint density at radius 2 is 2.38 bits per heavy atom. The second kappa shape index (κ2) is 2.19. The highest BCUT2D eigenvalue weighted by atomic mass is 31.0. The molecule has 0 fully saturated rings. The van der Waals surface area contributed by atoms with E-state index in [1.54, 1.807) is 12.3 Å². The molecule has 0 aliphatic rings. The molecule has 1 rings (SSSR count). The third kappa shape index (κ3) is 1.01. The van der Waals surface area contributed by atoms with Crippen molar-refractivity contribution in [2.75, 3.05) is 0 Å². The molecule has 1 aromatic rings. The van der Waals surface area contributed by atoms with E-state index >= 15 is 0 Å². The van der Waals surface area contributed by atoms with Crippen LogP contribution in [0.3, 0.4) is 0 Å². The highest BCUT2D eigenvalue weighted by Crippen LogP contribution is 1.92. The second-order valence-corrected chi connectivity index (χ2v) is 1.92. The fourth-order valence-electron chi connectivity index (χ4n) is 0.398. The zero-order valence-electron chi connectivity index (χ0n) is 4.13. The van der Waals surface area contributed by atoms with Crippen molar-refractivity contribution in [3.63, 3.8) is 0 Å². The number of nitrogens with zero attached hydrogens (tertiary/aromatic N) is 1. The summed E-state index contributed by atoms with van der Waals surface area (Å²) >= 11 is 0. The highest BCUT2D eigenvalue weighted by molar-refractivity contribution is 7.26. The largest absolute Gasteiger partial charge is 0.254 e. The molecule has 1 heterocycles. The zero-order chi connectivity index (χ0) is 5.98. The predicted octanol–water partition coefficient (Wildman–Crippen LogP) is 0.721. The van der Waals surface area contributed by atoms with Crippen LogP contribution in [0.4, 0.5) is 4.39 Å². The number of pyridine rings is 1. The summed E-state index contributed by atoms with van der Waals surface area (Å²) in [6, 6.07) is 2.93. The van der Waals surface area contributed by atoms with Gasteiger partial charge in [-0.3, -0.25) is 4.98 Å². The summed E-state index contributed by atoms with van der Waals surface area (Å²) in [7, 11) is 2.20. The molecule has 1 nitrogen and oxygen atoms in total. The SMILES string of the molecule is Fc1cccnc1P. The number of aromatic nitrogens is 1. The van der Waals surface area contributed by atoms with Gasteiger partial charge in [-0.15, -0.1) is 0 Å². The summed E-state index contributed by atoms with van der Waals surface area (Å²) in [5.41, 5.74) is 0.368. The minimum Gasteiger partial charge on any atom is -0.254 e. The summed E-state index contributed by atoms with van der Waals surface area (Å²) in [5, 5.41) is 0. The Bertz CT molecular complexity index is 169. The lowest BCUT2D eigenvalue weighted by atomic mass is 10.5. The fraction of sp³-hybridized carbons (Fsp3) is 0. The molecule has 0 aliphatic heterocycles. The van der Waals surface area contributed by atoms with E-state index in [9.17, 15) is 4.39 Å². The van der Waals surface area contributed by atoms with Crippen LogP contribution >= 0.6 is 9.24 Å². The topological polar surface area (TPSA) is 12.9 Å². The maximum Gasteiger partial charge on any atom is 0.148 e. The molecule has 0 N–H and O–H groups in total. The van der Waals surface area contributed by atoms with E-state index in [2.05, 4.69) is 14.2 Å². The van der Waals surface area contributed by atoms with E-state index in [1.165, 1.54) is 6.07 Å². The molecular weight excluding hydrogens is 124 g/mol. The van der Waals surface area contributed by atoms with Crippen molar-refractivity contribution in [1.29, 1.82) is 0 Å². The first-order chi connectivity index (χ1) is 3.80. The van der Waals surface area contributed by atoms with Crippen LogP contribution in [-0.4, -0.2) is 4.98 Å². The van der Waals surface area contributed by atoms with Crippen molar-refractivity contribution < 1.29 is 4.39 Å². The molecule has 0 aliphatic carbocycles. The lowest BCUT2D eigenvalue weighted by molar-refractivity contribution is 0.632. The predicted molar refractivity (Wildman–Crippen MR) is 33.5 cm³/mol. The van der Waals surface area contributed by atoms with Crippen LogP contribution in [0.5, 0.6) is 0 Å². The van der Waals surface area contributed by atoms with Gasteiger partial charge in [-0.1, -0.05) is 9.24 Å². The minimum absolute atomic E-state index is 0.280. The van der Waals surface area contributed by atoms with Gasteiger partial charge in [0, 0.05) is 6.20 Å². The second-order valence-electron chi connectivity index (χ2n) is 1.37. The monoisotopic (exact) mass is 129 g/mol. The minimum atomic E-state index is -0.280. The van der Waals surface area contributed by atoms with Gasteiger partial charge < -0.3 is 0 Å². The van der Waals surface area contributed by atoms with Crippen LogP contribution in [-0.2, 0) is 0 Å². The normalized spacial score (nSPS) is 9.25. The number of hydrogen-bond donors (Lipinski definition) is 0. The van der Waals surface area contributed by atoms with Gasteiger partial charge in [-0.05, 0) is 12.1 Å². The maximum absolute atomic E-state index is 12.2. The van der Waals surface area contributed by atoms with Crippen LogP contribution in [0.1, 0.15) is 0 Å². The molecule has 1 aromatic heterocycles. The Labute approximate surface area is 49.1 Å². The van der Waals surface area contributed by atoms with Gasteiger partial charge in [0.15, 0.2) is 0 Å². The van der Waals surface area contributed by atoms with E-state index in [-0.39, 0.29) is 5.82 Å². The van der Waals surface area contributed by atoms with Crippen molar-refractivity contribution in [2.24, 2.45) is 0 Å². The lowest BCUT2D eigenvalue weighted by Gasteiger charge is -1.88. The molecule has 0 spiro atoms. The Balaban J connectivity index is 3.13. The smallest absolute Gasteiger partial charge is 0.148 e. The number of halogens is 1. The molecule has 1 atom stereocenters. The van der Waals surface area contributed by atoms with Crippen LogP contribution in [0.2, 0.25) is 0 Å². The van der Waals surface area contributed by atoms with E-state index in [4.69, 9.17) is 0 Å². The standard InChI is InChI=1S/C5H5FNP/c6-4-2-1-3-7-5(4)8/h1-3H,8H2. The third-order valence-electron chi connectivity index (χ3n) is 0.787. The molecule has 8 heavy (non-hydrogen) atoms. The van der Waals surface area contributed by atoms with Crippen molar-refractivity contribution in [1.82, 2.24) is 4.98 Å². The van der Waals surface area contributed by atoms with Gasteiger partial charge in [0.05, 0.1) is 5.44 Å². The van der Waals surface area contributed by atoms with Crippen molar-refractivity contribution in [3.05, 3.63) is 24.1 Å². The molecule has 0 aromatic carbocycles. The van der Waals surface area contributed by atoms with Crippen molar-refractivity contribution >= 4 is 14.7 Å². The van der Waals surface area contributed by atoms with Gasteiger partial charge in [0.2, 0.25) is 0 Å².